The summed E-state index contributed by atoms with van der Waals surface area (Å²) in [4.78, 5) is 36.3. The zero-order valence-corrected chi connectivity index (χ0v) is 16.7. The Kier molecular flexibility index (Phi) is 8.41. The first-order valence-electron chi connectivity index (χ1n) is 8.71. The van der Waals surface area contributed by atoms with Gasteiger partial charge in [0.05, 0.1) is 0 Å². The number of carboxylic acid groups (broad SMARTS) is 1. The van der Waals surface area contributed by atoms with Crippen LogP contribution in [-0.2, 0) is 14.3 Å². The molecule has 0 aliphatic carbocycles. The van der Waals surface area contributed by atoms with Gasteiger partial charge in [-0.3, -0.25) is 4.79 Å². The number of amides is 2. The molecular formula is C18H34N2O5. The molecule has 0 heterocycles. The van der Waals surface area contributed by atoms with Crippen molar-refractivity contribution in [1.82, 2.24) is 10.6 Å². The van der Waals surface area contributed by atoms with E-state index in [9.17, 15) is 19.5 Å². The van der Waals surface area contributed by atoms with E-state index in [2.05, 4.69) is 10.6 Å². The van der Waals surface area contributed by atoms with Crippen molar-refractivity contribution in [2.75, 3.05) is 0 Å². The minimum absolute atomic E-state index is 0.0868. The fourth-order valence-corrected chi connectivity index (χ4v) is 2.52. The summed E-state index contributed by atoms with van der Waals surface area (Å²) in [5.41, 5.74) is -2.08. The number of rotatable bonds is 8. The van der Waals surface area contributed by atoms with Gasteiger partial charge in [0, 0.05) is 0 Å². The molecule has 0 saturated carbocycles. The second-order valence-corrected chi connectivity index (χ2v) is 8.55. The van der Waals surface area contributed by atoms with E-state index in [4.69, 9.17) is 4.74 Å². The van der Waals surface area contributed by atoms with Crippen LogP contribution < -0.4 is 10.6 Å². The quantitative estimate of drug-likeness (QED) is 0.619. The van der Waals surface area contributed by atoms with Crippen LogP contribution in [0.3, 0.4) is 0 Å². The van der Waals surface area contributed by atoms with Crippen molar-refractivity contribution in [2.24, 2.45) is 11.8 Å². The third kappa shape index (κ3) is 9.31. The van der Waals surface area contributed by atoms with Crippen molar-refractivity contribution in [2.45, 2.75) is 85.4 Å². The molecule has 7 nitrogen and oxygen atoms in total. The summed E-state index contributed by atoms with van der Waals surface area (Å²) in [5, 5.41) is 14.6. The standard InChI is InChI=1S/C18H34N2O5/c1-11(2)9-13(19-16(24)25-17(5,6)7)14(21)20-18(8,15(22)23)10-12(3)4/h11-13H,9-10H2,1-8H3,(H,19,24)(H,20,21)(H,22,23)/t13-,18-/m0/s1. The maximum absolute atomic E-state index is 12.6. The van der Waals surface area contributed by atoms with Gasteiger partial charge in [-0.25, -0.2) is 9.59 Å². The molecule has 0 bridgehead atoms. The van der Waals surface area contributed by atoms with Crippen LogP contribution in [0.25, 0.3) is 0 Å². The van der Waals surface area contributed by atoms with Gasteiger partial charge < -0.3 is 20.5 Å². The lowest BCUT2D eigenvalue weighted by atomic mass is 9.90. The van der Waals surface area contributed by atoms with Crippen molar-refractivity contribution in [3.05, 3.63) is 0 Å². The molecule has 3 N–H and O–H groups in total. The summed E-state index contributed by atoms with van der Waals surface area (Å²) >= 11 is 0. The highest BCUT2D eigenvalue weighted by molar-refractivity contribution is 5.91. The average Bonchev–Trinajstić information content (AvgIpc) is 2.33. The molecule has 0 saturated heterocycles. The van der Waals surface area contributed by atoms with Crippen LogP contribution in [0.15, 0.2) is 0 Å². The Labute approximate surface area is 150 Å². The van der Waals surface area contributed by atoms with Crippen LogP contribution in [0.5, 0.6) is 0 Å². The van der Waals surface area contributed by atoms with Gasteiger partial charge in [-0.2, -0.15) is 0 Å². The number of hydrogen-bond donors (Lipinski definition) is 3. The van der Waals surface area contributed by atoms with Gasteiger partial charge in [0.25, 0.3) is 0 Å². The van der Waals surface area contributed by atoms with Crippen molar-refractivity contribution >= 4 is 18.0 Å². The van der Waals surface area contributed by atoms with Crippen LogP contribution in [0.4, 0.5) is 4.79 Å². The van der Waals surface area contributed by atoms with Gasteiger partial charge in [0.15, 0.2) is 0 Å². The number of carbonyl (C=O) groups excluding carboxylic acids is 2. The van der Waals surface area contributed by atoms with Crippen LogP contribution in [0.1, 0.15) is 68.2 Å². The summed E-state index contributed by atoms with van der Waals surface area (Å²) in [6.07, 6.45) is -0.0358. The van der Waals surface area contributed by atoms with Gasteiger partial charge in [-0.05, 0) is 52.4 Å². The van der Waals surface area contributed by atoms with E-state index in [1.165, 1.54) is 6.92 Å². The fraction of sp³-hybridized carbons (Fsp3) is 0.833. The van der Waals surface area contributed by atoms with Crippen LogP contribution in [0.2, 0.25) is 0 Å². The van der Waals surface area contributed by atoms with Crippen molar-refractivity contribution in [3.63, 3.8) is 0 Å². The molecule has 0 radical (unpaired) electrons. The normalized spacial score (nSPS) is 15.4. The topological polar surface area (TPSA) is 105 Å². The van der Waals surface area contributed by atoms with E-state index in [1.807, 2.05) is 27.7 Å². The fourth-order valence-electron chi connectivity index (χ4n) is 2.52. The van der Waals surface area contributed by atoms with Gasteiger partial charge >= 0.3 is 12.1 Å². The monoisotopic (exact) mass is 358 g/mol. The molecule has 0 fully saturated rings. The minimum Gasteiger partial charge on any atom is -0.480 e. The van der Waals surface area contributed by atoms with Crippen molar-refractivity contribution in [3.8, 4) is 0 Å². The lowest BCUT2D eigenvalue weighted by Gasteiger charge is -2.31. The van der Waals surface area contributed by atoms with Crippen LogP contribution in [-0.4, -0.2) is 40.3 Å². The largest absolute Gasteiger partial charge is 0.480 e. The molecule has 0 aliphatic heterocycles. The predicted octanol–water partition coefficient (Wildman–Crippen LogP) is 2.93. The van der Waals surface area contributed by atoms with Gasteiger partial charge in [0.2, 0.25) is 5.91 Å². The zero-order chi connectivity index (χ0) is 20.0. The molecule has 0 aromatic heterocycles. The second kappa shape index (κ2) is 9.06. The van der Waals surface area contributed by atoms with Gasteiger partial charge in [0.1, 0.15) is 17.2 Å². The molecule has 0 rings (SSSR count). The average molecular weight is 358 g/mol. The maximum Gasteiger partial charge on any atom is 0.408 e. The third-order valence-electron chi connectivity index (χ3n) is 3.40. The first-order valence-corrected chi connectivity index (χ1v) is 8.71. The van der Waals surface area contributed by atoms with Crippen LogP contribution >= 0.6 is 0 Å². The van der Waals surface area contributed by atoms with E-state index in [1.54, 1.807) is 20.8 Å². The van der Waals surface area contributed by atoms with Crippen LogP contribution in [0, 0.1) is 11.8 Å². The molecule has 0 unspecified atom stereocenters. The Balaban J connectivity index is 5.22. The van der Waals surface area contributed by atoms with Crippen molar-refractivity contribution < 1.29 is 24.2 Å². The number of aliphatic carboxylic acids is 1. The van der Waals surface area contributed by atoms with E-state index in [0.717, 1.165) is 0 Å². The highest BCUT2D eigenvalue weighted by atomic mass is 16.6. The summed E-state index contributed by atoms with van der Waals surface area (Å²) in [6, 6.07) is -0.860. The molecule has 0 spiro atoms. The summed E-state index contributed by atoms with van der Waals surface area (Å²) in [7, 11) is 0. The summed E-state index contributed by atoms with van der Waals surface area (Å²) in [6.45, 7) is 14.3. The lowest BCUT2D eigenvalue weighted by molar-refractivity contribution is -0.148. The number of ether oxygens (including phenoxy) is 1. The molecule has 0 aliphatic rings. The Morgan fingerprint density at radius 2 is 1.52 bits per heavy atom. The first-order chi connectivity index (χ1) is 11.2. The number of hydrogen-bond acceptors (Lipinski definition) is 4. The Bertz CT molecular complexity index is 482. The zero-order valence-electron chi connectivity index (χ0n) is 16.7. The molecule has 25 heavy (non-hydrogen) atoms. The molecule has 0 aromatic rings. The second-order valence-electron chi connectivity index (χ2n) is 8.55. The number of alkyl carbamates (subject to hydrolysis) is 1. The molecule has 2 amide bonds. The Hall–Kier alpha value is -1.79. The van der Waals surface area contributed by atoms with E-state index in [-0.39, 0.29) is 18.3 Å². The molecule has 146 valence electrons. The predicted molar refractivity (Wildman–Crippen MR) is 96.3 cm³/mol. The van der Waals surface area contributed by atoms with Crippen molar-refractivity contribution in [1.29, 1.82) is 0 Å². The number of carboxylic acids is 1. The van der Waals surface area contributed by atoms with Gasteiger partial charge in [-0.15, -0.1) is 0 Å². The first kappa shape index (κ1) is 23.2. The smallest absolute Gasteiger partial charge is 0.408 e. The Morgan fingerprint density at radius 1 is 1.00 bits per heavy atom. The lowest BCUT2D eigenvalue weighted by Crippen LogP contribution is -2.58. The SMILES string of the molecule is CC(C)C[C@H](NC(=O)OC(C)(C)C)C(=O)N[C@@](C)(CC(C)C)C(=O)O. The highest BCUT2D eigenvalue weighted by Crippen LogP contribution is 2.18. The highest BCUT2D eigenvalue weighted by Gasteiger charge is 2.38. The minimum atomic E-state index is -1.39. The van der Waals surface area contributed by atoms with E-state index >= 15 is 0 Å². The molecular weight excluding hydrogens is 324 g/mol. The van der Waals surface area contributed by atoms with E-state index in [0.29, 0.717) is 6.42 Å². The summed E-state index contributed by atoms with van der Waals surface area (Å²) in [5.74, 6) is -1.41. The number of carbonyl (C=O) groups is 3. The maximum atomic E-state index is 12.6. The Morgan fingerprint density at radius 3 is 1.88 bits per heavy atom. The molecule has 0 aromatic carbocycles. The summed E-state index contributed by atoms with van der Waals surface area (Å²) < 4.78 is 5.20. The molecule has 2 atom stereocenters. The van der Waals surface area contributed by atoms with Gasteiger partial charge in [-0.1, -0.05) is 27.7 Å². The third-order valence-corrected chi connectivity index (χ3v) is 3.40. The molecule has 7 heteroatoms. The van der Waals surface area contributed by atoms with E-state index < -0.39 is 35.2 Å². The number of nitrogens with one attached hydrogen (secondary N) is 2.